The highest BCUT2D eigenvalue weighted by molar-refractivity contribution is 6.13. The highest BCUT2D eigenvalue weighted by Gasteiger charge is 2.29. The smallest absolute Gasteiger partial charge is 0.263 e. The Bertz CT molecular complexity index is 996. The van der Waals surface area contributed by atoms with E-state index in [2.05, 4.69) is 0 Å². The number of nitrogens with zero attached hydrogens (tertiary/aromatic N) is 1. The molecule has 0 spiro atoms. The summed E-state index contributed by atoms with van der Waals surface area (Å²) in [5.41, 5.74) is 4.58. The Morgan fingerprint density at radius 3 is 2.38 bits per heavy atom. The average Bonchev–Trinajstić information content (AvgIpc) is 2.79. The van der Waals surface area contributed by atoms with Gasteiger partial charge in [0.2, 0.25) is 0 Å². The van der Waals surface area contributed by atoms with Crippen molar-refractivity contribution in [3.63, 3.8) is 0 Å². The molecule has 21 heavy (non-hydrogen) atoms. The number of fused-ring (bicyclic) bond motifs is 5. The lowest BCUT2D eigenvalue weighted by atomic mass is 10.0. The van der Waals surface area contributed by atoms with Gasteiger partial charge in [0.15, 0.2) is 5.43 Å². The first-order chi connectivity index (χ1) is 10.1. The predicted octanol–water partition coefficient (Wildman–Crippen LogP) is 3.29. The van der Waals surface area contributed by atoms with Gasteiger partial charge in [0.25, 0.3) is 5.91 Å². The van der Waals surface area contributed by atoms with Crippen LogP contribution in [0.4, 0.5) is 0 Å². The minimum Gasteiger partial charge on any atom is -0.289 e. The van der Waals surface area contributed by atoms with Gasteiger partial charge in [0.05, 0.1) is 11.2 Å². The molecular formula is C18H13NO2. The largest absolute Gasteiger partial charge is 0.289 e. The predicted molar refractivity (Wildman–Crippen MR) is 82.8 cm³/mol. The van der Waals surface area contributed by atoms with Gasteiger partial charge in [-0.05, 0) is 32.0 Å². The second kappa shape index (κ2) is 3.92. The molecule has 0 bridgehead atoms. The number of aryl methyl sites for hydroxylation is 1. The van der Waals surface area contributed by atoms with E-state index in [1.165, 1.54) is 0 Å². The summed E-state index contributed by atoms with van der Waals surface area (Å²) in [7, 11) is 0. The van der Waals surface area contributed by atoms with Crippen LogP contribution in [0.2, 0.25) is 0 Å². The van der Waals surface area contributed by atoms with E-state index in [9.17, 15) is 9.59 Å². The maximum Gasteiger partial charge on any atom is 0.263 e. The van der Waals surface area contributed by atoms with E-state index < -0.39 is 0 Å². The summed E-state index contributed by atoms with van der Waals surface area (Å²) in [6.45, 7) is 3.74. The van der Waals surface area contributed by atoms with Gasteiger partial charge in [-0.15, -0.1) is 0 Å². The quantitative estimate of drug-likeness (QED) is 0.494. The van der Waals surface area contributed by atoms with Crippen LogP contribution in [-0.4, -0.2) is 10.5 Å². The van der Waals surface area contributed by atoms with Crippen LogP contribution in [0.1, 0.15) is 21.5 Å². The topological polar surface area (TPSA) is 39.1 Å². The molecule has 0 radical (unpaired) electrons. The van der Waals surface area contributed by atoms with E-state index in [0.29, 0.717) is 22.0 Å². The fourth-order valence-corrected chi connectivity index (χ4v) is 3.15. The number of carbonyl (C=O) groups is 1. The van der Waals surface area contributed by atoms with Crippen molar-refractivity contribution < 1.29 is 4.79 Å². The van der Waals surface area contributed by atoms with E-state index in [-0.39, 0.29) is 11.3 Å². The van der Waals surface area contributed by atoms with Gasteiger partial charge in [-0.1, -0.05) is 29.8 Å². The first-order valence-electron chi connectivity index (χ1n) is 6.89. The maximum absolute atomic E-state index is 12.7. The monoisotopic (exact) mass is 275 g/mol. The molecule has 2 aromatic carbocycles. The third-order valence-electron chi connectivity index (χ3n) is 4.17. The molecular weight excluding hydrogens is 262 g/mol. The third kappa shape index (κ3) is 1.43. The molecule has 0 fully saturated rings. The number of hydrogen-bond acceptors (Lipinski definition) is 2. The van der Waals surface area contributed by atoms with Crippen LogP contribution in [-0.2, 0) is 0 Å². The summed E-state index contributed by atoms with van der Waals surface area (Å²) in [5.74, 6) is -0.0578. The molecule has 0 aliphatic carbocycles. The molecule has 1 aliphatic rings. The van der Waals surface area contributed by atoms with E-state index >= 15 is 0 Å². The zero-order valence-electron chi connectivity index (χ0n) is 11.8. The van der Waals surface area contributed by atoms with Crippen LogP contribution in [0.3, 0.4) is 0 Å². The van der Waals surface area contributed by atoms with E-state index in [0.717, 1.165) is 16.8 Å². The summed E-state index contributed by atoms with van der Waals surface area (Å²) in [6, 6.07) is 13.1. The Labute approximate surface area is 121 Å². The summed E-state index contributed by atoms with van der Waals surface area (Å²) in [4.78, 5) is 25.3. The van der Waals surface area contributed by atoms with Gasteiger partial charge >= 0.3 is 0 Å². The van der Waals surface area contributed by atoms with Crippen molar-refractivity contribution in [1.82, 2.24) is 4.57 Å². The molecule has 0 saturated carbocycles. The van der Waals surface area contributed by atoms with Crippen LogP contribution in [0.5, 0.6) is 0 Å². The van der Waals surface area contributed by atoms with Crippen molar-refractivity contribution in [1.29, 1.82) is 0 Å². The van der Waals surface area contributed by atoms with Crippen molar-refractivity contribution in [2.24, 2.45) is 0 Å². The first kappa shape index (κ1) is 12.1. The molecule has 0 unspecified atom stereocenters. The lowest BCUT2D eigenvalue weighted by Crippen LogP contribution is -2.16. The summed E-state index contributed by atoms with van der Waals surface area (Å²) in [6.07, 6.45) is 0. The van der Waals surface area contributed by atoms with Crippen molar-refractivity contribution in [2.75, 3.05) is 0 Å². The molecule has 2 heterocycles. The second-order valence-corrected chi connectivity index (χ2v) is 5.51. The van der Waals surface area contributed by atoms with Crippen LogP contribution < -0.4 is 5.43 Å². The zero-order valence-corrected chi connectivity index (χ0v) is 11.8. The Balaban J connectivity index is 2.28. The minimum absolute atomic E-state index is 0.00412. The summed E-state index contributed by atoms with van der Waals surface area (Å²) >= 11 is 0. The Morgan fingerprint density at radius 1 is 0.905 bits per heavy atom. The molecule has 3 aromatic rings. The SMILES string of the molecule is Cc1ccc2c(c1)c(=O)c(C)c1n2C(=O)c2ccccc2-1. The standard InChI is InChI=1S/C18H13NO2/c1-10-7-8-15-14(9-10)17(20)11(2)16-12-5-3-4-6-13(12)18(21)19(15)16/h3-9H,1-2H3. The molecule has 4 rings (SSSR count). The molecule has 0 amide bonds. The third-order valence-corrected chi connectivity index (χ3v) is 4.17. The second-order valence-electron chi connectivity index (χ2n) is 5.51. The number of pyridine rings is 1. The minimum atomic E-state index is -0.0578. The van der Waals surface area contributed by atoms with Crippen LogP contribution in [0.15, 0.2) is 47.3 Å². The molecule has 0 saturated heterocycles. The fraction of sp³-hybridized carbons (Fsp3) is 0.111. The molecule has 1 aromatic heterocycles. The number of carbonyl (C=O) groups excluding carboxylic acids is 1. The van der Waals surface area contributed by atoms with Crippen molar-refractivity contribution in [3.05, 3.63) is 69.4 Å². The Morgan fingerprint density at radius 2 is 1.62 bits per heavy atom. The highest BCUT2D eigenvalue weighted by atomic mass is 16.2. The molecule has 1 aliphatic heterocycles. The average molecular weight is 275 g/mol. The highest BCUT2D eigenvalue weighted by Crippen LogP contribution is 2.35. The molecule has 0 N–H and O–H groups in total. The summed E-state index contributed by atoms with van der Waals surface area (Å²) < 4.78 is 1.68. The van der Waals surface area contributed by atoms with Gasteiger partial charge in [0.1, 0.15) is 0 Å². The van der Waals surface area contributed by atoms with Crippen molar-refractivity contribution in [3.8, 4) is 11.3 Å². The van der Waals surface area contributed by atoms with E-state index in [1.807, 2.05) is 49.4 Å². The number of aromatic nitrogens is 1. The lowest BCUT2D eigenvalue weighted by Gasteiger charge is -2.11. The van der Waals surface area contributed by atoms with Gasteiger partial charge < -0.3 is 0 Å². The van der Waals surface area contributed by atoms with E-state index in [4.69, 9.17) is 0 Å². The van der Waals surface area contributed by atoms with E-state index in [1.54, 1.807) is 11.5 Å². The van der Waals surface area contributed by atoms with Gasteiger partial charge in [-0.2, -0.15) is 0 Å². The molecule has 3 nitrogen and oxygen atoms in total. The molecule has 102 valence electrons. The Hall–Kier alpha value is -2.68. The lowest BCUT2D eigenvalue weighted by molar-refractivity contribution is 0.0973. The van der Waals surface area contributed by atoms with Crippen LogP contribution >= 0.6 is 0 Å². The number of benzene rings is 2. The van der Waals surface area contributed by atoms with Crippen molar-refractivity contribution >= 4 is 16.8 Å². The maximum atomic E-state index is 12.7. The van der Waals surface area contributed by atoms with Crippen molar-refractivity contribution in [2.45, 2.75) is 13.8 Å². The molecule has 3 heteroatoms. The Kier molecular flexibility index (Phi) is 2.25. The van der Waals surface area contributed by atoms with Gasteiger partial charge in [-0.3, -0.25) is 14.2 Å². The zero-order chi connectivity index (χ0) is 14.7. The summed E-state index contributed by atoms with van der Waals surface area (Å²) in [5, 5.41) is 0.609. The fourth-order valence-electron chi connectivity index (χ4n) is 3.15. The number of hydrogen-bond donors (Lipinski definition) is 0. The first-order valence-corrected chi connectivity index (χ1v) is 6.89. The molecule has 0 atom stereocenters. The number of rotatable bonds is 0. The van der Waals surface area contributed by atoms with Gasteiger partial charge in [-0.25, -0.2) is 0 Å². The van der Waals surface area contributed by atoms with Crippen LogP contribution in [0.25, 0.3) is 22.2 Å². The van der Waals surface area contributed by atoms with Gasteiger partial charge in [0, 0.05) is 22.1 Å². The van der Waals surface area contributed by atoms with Crippen LogP contribution in [0, 0.1) is 13.8 Å². The normalized spacial score (nSPS) is 12.6.